The lowest BCUT2D eigenvalue weighted by Crippen LogP contribution is -2.26. The van der Waals surface area contributed by atoms with Crippen molar-refractivity contribution in [3.8, 4) is 0 Å². The number of carbonyl (C=O) groups excluding carboxylic acids is 1. The zero-order valence-electron chi connectivity index (χ0n) is 10.0. The lowest BCUT2D eigenvalue weighted by molar-refractivity contribution is 0.0951. The minimum atomic E-state index is -0.0902. The first kappa shape index (κ1) is 13.1. The number of hydrogen-bond acceptors (Lipinski definition) is 4. The molecule has 1 aromatic carbocycles. The molecule has 3 nitrogen and oxygen atoms in total. The highest BCUT2D eigenvalue weighted by Gasteiger charge is 2.08. The Morgan fingerprint density at radius 1 is 1.44 bits per heavy atom. The standard InChI is InChI=1S/C13H14N2OS2/c1-9-15-10(8-18-9)6-7-14-13(16)11-4-2-3-5-12(11)17/h2-5,8,17H,6-7H2,1H3,(H,14,16). The predicted octanol–water partition coefficient (Wildman–Crippen LogP) is 2.71. The minimum Gasteiger partial charge on any atom is -0.352 e. The zero-order chi connectivity index (χ0) is 13.0. The molecule has 1 N–H and O–H groups in total. The molecule has 0 aliphatic carbocycles. The van der Waals surface area contributed by atoms with Crippen LogP contribution in [0.25, 0.3) is 0 Å². The average Bonchev–Trinajstić information content (AvgIpc) is 2.75. The summed E-state index contributed by atoms with van der Waals surface area (Å²) in [6.07, 6.45) is 0.755. The maximum Gasteiger partial charge on any atom is 0.252 e. The van der Waals surface area contributed by atoms with Crippen LogP contribution in [0.15, 0.2) is 34.5 Å². The van der Waals surface area contributed by atoms with Gasteiger partial charge in [0.2, 0.25) is 0 Å². The number of aryl methyl sites for hydroxylation is 1. The van der Waals surface area contributed by atoms with Crippen molar-refractivity contribution in [3.05, 3.63) is 45.9 Å². The Balaban J connectivity index is 1.87. The van der Waals surface area contributed by atoms with Crippen LogP contribution in [0.5, 0.6) is 0 Å². The largest absolute Gasteiger partial charge is 0.352 e. The van der Waals surface area contributed by atoms with Crippen molar-refractivity contribution in [2.75, 3.05) is 6.54 Å². The van der Waals surface area contributed by atoms with Crippen molar-refractivity contribution >= 4 is 29.9 Å². The molecule has 0 bridgehead atoms. The molecule has 0 aliphatic heterocycles. The highest BCUT2D eigenvalue weighted by atomic mass is 32.1. The van der Waals surface area contributed by atoms with E-state index in [0.717, 1.165) is 17.1 Å². The number of rotatable bonds is 4. The van der Waals surface area contributed by atoms with E-state index in [1.165, 1.54) is 0 Å². The van der Waals surface area contributed by atoms with Crippen LogP contribution in [0.2, 0.25) is 0 Å². The molecular weight excluding hydrogens is 264 g/mol. The van der Waals surface area contributed by atoms with Gasteiger partial charge in [-0.25, -0.2) is 4.98 Å². The summed E-state index contributed by atoms with van der Waals surface area (Å²) in [5.41, 5.74) is 1.63. The molecule has 1 aromatic heterocycles. The number of nitrogens with zero attached hydrogens (tertiary/aromatic N) is 1. The van der Waals surface area contributed by atoms with E-state index >= 15 is 0 Å². The SMILES string of the molecule is Cc1nc(CCNC(=O)c2ccccc2S)cs1. The van der Waals surface area contributed by atoms with Crippen LogP contribution in [-0.4, -0.2) is 17.4 Å². The van der Waals surface area contributed by atoms with Gasteiger partial charge in [0.25, 0.3) is 5.91 Å². The van der Waals surface area contributed by atoms with Crippen molar-refractivity contribution in [2.45, 2.75) is 18.2 Å². The Labute approximate surface area is 116 Å². The molecule has 0 atom stereocenters. The first-order valence-corrected chi connectivity index (χ1v) is 6.96. The Morgan fingerprint density at radius 2 is 2.22 bits per heavy atom. The third-order valence-electron chi connectivity index (χ3n) is 2.48. The molecule has 1 heterocycles. The van der Waals surface area contributed by atoms with E-state index in [-0.39, 0.29) is 5.91 Å². The highest BCUT2D eigenvalue weighted by Crippen LogP contribution is 2.12. The molecule has 2 aromatic rings. The van der Waals surface area contributed by atoms with Crippen molar-refractivity contribution in [2.24, 2.45) is 0 Å². The van der Waals surface area contributed by atoms with E-state index in [9.17, 15) is 4.79 Å². The number of hydrogen-bond donors (Lipinski definition) is 2. The number of benzene rings is 1. The smallest absolute Gasteiger partial charge is 0.252 e. The fourth-order valence-corrected chi connectivity index (χ4v) is 2.50. The number of nitrogens with one attached hydrogen (secondary N) is 1. The molecule has 0 spiro atoms. The third-order valence-corrected chi connectivity index (χ3v) is 3.69. The van der Waals surface area contributed by atoms with Crippen LogP contribution < -0.4 is 5.32 Å². The maximum absolute atomic E-state index is 11.9. The summed E-state index contributed by atoms with van der Waals surface area (Å²) in [5, 5.41) is 5.95. The minimum absolute atomic E-state index is 0.0902. The Bertz CT molecular complexity index is 551. The molecular formula is C13H14N2OS2. The van der Waals surface area contributed by atoms with E-state index < -0.39 is 0 Å². The summed E-state index contributed by atoms with van der Waals surface area (Å²) in [4.78, 5) is 16.9. The first-order chi connectivity index (χ1) is 8.66. The van der Waals surface area contributed by atoms with Gasteiger partial charge in [-0.1, -0.05) is 12.1 Å². The number of carbonyl (C=O) groups is 1. The molecule has 0 aliphatic rings. The van der Waals surface area contributed by atoms with Crippen LogP contribution in [-0.2, 0) is 6.42 Å². The van der Waals surface area contributed by atoms with Gasteiger partial charge >= 0.3 is 0 Å². The summed E-state index contributed by atoms with van der Waals surface area (Å²) < 4.78 is 0. The zero-order valence-corrected chi connectivity index (χ0v) is 11.7. The van der Waals surface area contributed by atoms with Crippen LogP contribution in [0.1, 0.15) is 21.1 Å². The summed E-state index contributed by atoms with van der Waals surface area (Å²) in [6.45, 7) is 2.56. The first-order valence-electron chi connectivity index (χ1n) is 5.64. The summed E-state index contributed by atoms with van der Waals surface area (Å²) in [5.74, 6) is -0.0902. The van der Waals surface area contributed by atoms with E-state index in [2.05, 4.69) is 22.9 Å². The normalized spacial score (nSPS) is 10.3. The van der Waals surface area contributed by atoms with Crippen molar-refractivity contribution in [1.29, 1.82) is 0 Å². The van der Waals surface area contributed by atoms with E-state index in [4.69, 9.17) is 0 Å². The molecule has 0 unspecified atom stereocenters. The fraction of sp³-hybridized carbons (Fsp3) is 0.231. The molecule has 0 saturated heterocycles. The van der Waals surface area contributed by atoms with Gasteiger partial charge in [-0.3, -0.25) is 4.79 Å². The van der Waals surface area contributed by atoms with Gasteiger partial charge in [-0.05, 0) is 19.1 Å². The third kappa shape index (κ3) is 3.34. The predicted molar refractivity (Wildman–Crippen MR) is 76.6 cm³/mol. The number of thiol groups is 1. The van der Waals surface area contributed by atoms with E-state index in [1.807, 2.05) is 30.5 Å². The second-order valence-corrected chi connectivity index (χ2v) is 5.42. The number of amides is 1. The molecule has 5 heteroatoms. The van der Waals surface area contributed by atoms with E-state index in [1.54, 1.807) is 17.4 Å². The number of thiazole rings is 1. The topological polar surface area (TPSA) is 42.0 Å². The van der Waals surface area contributed by atoms with Crippen LogP contribution in [0, 0.1) is 6.92 Å². The Morgan fingerprint density at radius 3 is 2.89 bits per heavy atom. The average molecular weight is 278 g/mol. The van der Waals surface area contributed by atoms with Gasteiger partial charge in [0.1, 0.15) is 0 Å². The molecule has 2 rings (SSSR count). The van der Waals surface area contributed by atoms with Gasteiger partial charge in [0.15, 0.2) is 0 Å². The number of aromatic nitrogens is 1. The van der Waals surface area contributed by atoms with Gasteiger partial charge in [0.05, 0.1) is 16.3 Å². The van der Waals surface area contributed by atoms with Crippen molar-refractivity contribution < 1.29 is 4.79 Å². The summed E-state index contributed by atoms with van der Waals surface area (Å²) in [7, 11) is 0. The Kier molecular flexibility index (Phi) is 4.38. The monoisotopic (exact) mass is 278 g/mol. The summed E-state index contributed by atoms with van der Waals surface area (Å²) in [6, 6.07) is 7.27. The van der Waals surface area contributed by atoms with Crippen molar-refractivity contribution in [1.82, 2.24) is 10.3 Å². The molecule has 18 heavy (non-hydrogen) atoms. The molecule has 1 amide bonds. The molecule has 94 valence electrons. The van der Waals surface area contributed by atoms with Crippen molar-refractivity contribution in [3.63, 3.8) is 0 Å². The van der Waals surface area contributed by atoms with Gasteiger partial charge in [-0.15, -0.1) is 24.0 Å². The van der Waals surface area contributed by atoms with Crippen LogP contribution in [0.4, 0.5) is 0 Å². The highest BCUT2D eigenvalue weighted by molar-refractivity contribution is 7.80. The lowest BCUT2D eigenvalue weighted by atomic mass is 10.2. The van der Waals surface area contributed by atoms with Gasteiger partial charge in [-0.2, -0.15) is 0 Å². The maximum atomic E-state index is 11.9. The van der Waals surface area contributed by atoms with E-state index in [0.29, 0.717) is 17.0 Å². The lowest BCUT2D eigenvalue weighted by Gasteiger charge is -2.05. The van der Waals surface area contributed by atoms with Crippen LogP contribution in [0.3, 0.4) is 0 Å². The van der Waals surface area contributed by atoms with Gasteiger partial charge < -0.3 is 5.32 Å². The molecule has 0 saturated carbocycles. The second kappa shape index (κ2) is 6.02. The molecule has 0 fully saturated rings. The fourth-order valence-electron chi connectivity index (χ4n) is 1.59. The Hall–Kier alpha value is -1.33. The van der Waals surface area contributed by atoms with Crippen LogP contribution >= 0.6 is 24.0 Å². The molecule has 0 radical (unpaired) electrons. The summed E-state index contributed by atoms with van der Waals surface area (Å²) >= 11 is 5.89. The second-order valence-electron chi connectivity index (χ2n) is 3.88. The van der Waals surface area contributed by atoms with Gasteiger partial charge in [0, 0.05) is 23.2 Å². The quantitative estimate of drug-likeness (QED) is 0.844.